The Morgan fingerprint density at radius 2 is 1.35 bits per heavy atom. The van der Waals surface area contributed by atoms with Gasteiger partial charge in [-0.15, -0.1) is 0 Å². The van der Waals surface area contributed by atoms with Crippen molar-refractivity contribution >= 4 is 47.1 Å². The highest BCUT2D eigenvalue weighted by molar-refractivity contribution is 6.12. The minimum Gasteiger partial charge on any atom is -0.481 e. The van der Waals surface area contributed by atoms with Crippen molar-refractivity contribution in [2.24, 2.45) is 11.7 Å². The summed E-state index contributed by atoms with van der Waals surface area (Å²) in [7, 11) is 0. The van der Waals surface area contributed by atoms with Gasteiger partial charge in [0.1, 0.15) is 12.1 Å². The smallest absolute Gasteiger partial charge is 0.306 e. The van der Waals surface area contributed by atoms with Crippen LogP contribution >= 0.6 is 0 Å². The molecule has 7 N–H and O–H groups in total. The zero-order chi connectivity index (χ0) is 38.5. The minimum absolute atomic E-state index is 0.0215. The zero-order valence-electron chi connectivity index (χ0n) is 30.0. The fourth-order valence-corrected chi connectivity index (χ4v) is 4.81. The van der Waals surface area contributed by atoms with E-state index in [9.17, 15) is 33.6 Å². The molecule has 52 heavy (non-hydrogen) atoms. The molecule has 288 valence electrons. The number of hydrogen-bond acceptors (Lipinski definition) is 11. The van der Waals surface area contributed by atoms with Crippen LogP contribution in [0.25, 0.3) is 0 Å². The molecule has 6 amide bonds. The molecule has 4 atom stereocenters. The Hall–Kier alpha value is -4.71. The summed E-state index contributed by atoms with van der Waals surface area (Å²) in [6, 6.07) is 4.90. The predicted octanol–water partition coefficient (Wildman–Crippen LogP) is -0.124. The summed E-state index contributed by atoms with van der Waals surface area (Å²) in [4.78, 5) is 84.3. The second-order valence-corrected chi connectivity index (χ2v) is 12.3. The van der Waals surface area contributed by atoms with Gasteiger partial charge in [-0.05, 0) is 50.8 Å². The first-order valence-electron chi connectivity index (χ1n) is 17.3. The van der Waals surface area contributed by atoms with Gasteiger partial charge in [0.05, 0.1) is 45.6 Å². The molecule has 0 spiro atoms. The fraction of sp³-hybridized carbons (Fsp3) is 0.571. The number of carbonyl (C=O) groups excluding carboxylic acids is 6. The van der Waals surface area contributed by atoms with Gasteiger partial charge in [0.15, 0.2) is 0 Å². The van der Waals surface area contributed by atoms with E-state index in [0.717, 1.165) is 10.5 Å². The summed E-state index contributed by atoms with van der Waals surface area (Å²) in [6.07, 6.45) is 3.84. The number of carboxylic acids is 1. The van der Waals surface area contributed by atoms with Crippen LogP contribution in [0.5, 0.6) is 0 Å². The summed E-state index contributed by atoms with van der Waals surface area (Å²) in [5.74, 6) is -3.74. The van der Waals surface area contributed by atoms with Crippen LogP contribution in [-0.4, -0.2) is 122 Å². The van der Waals surface area contributed by atoms with E-state index in [4.69, 9.17) is 25.1 Å². The minimum atomic E-state index is -0.891. The first-order valence-corrected chi connectivity index (χ1v) is 17.3. The lowest BCUT2D eigenvalue weighted by molar-refractivity contribution is -0.141. The van der Waals surface area contributed by atoms with E-state index in [0.29, 0.717) is 51.3 Å². The Morgan fingerprint density at radius 3 is 1.96 bits per heavy atom. The van der Waals surface area contributed by atoms with Crippen LogP contribution in [0.15, 0.2) is 36.4 Å². The molecule has 1 heterocycles. The van der Waals surface area contributed by atoms with Crippen molar-refractivity contribution in [2.75, 3.05) is 58.0 Å². The van der Waals surface area contributed by atoms with Crippen molar-refractivity contribution in [3.63, 3.8) is 0 Å². The number of benzene rings is 1. The van der Waals surface area contributed by atoms with E-state index in [-0.39, 0.29) is 63.0 Å². The summed E-state index contributed by atoms with van der Waals surface area (Å²) in [6.45, 7) is 6.71. The standard InChI is InChI=1S/C35H52N6O11/c1-23(35(48)49)21-27(36)22-26-6-8-28(9-7-26)40-34(47)25(3)39-33(46)24(2)38-30(43)12-15-50-17-19-52-20-18-51-16-13-37-29(42)5-4-14-41-31(44)10-11-32(41)45/h6-11,23-25,27H,4-5,12-22,36H2,1-3H3,(H,37,42)(H,38,43)(H,39,46)(H,40,47)(H,48,49). The van der Waals surface area contributed by atoms with Crippen molar-refractivity contribution in [1.82, 2.24) is 20.9 Å². The van der Waals surface area contributed by atoms with Crippen molar-refractivity contribution in [1.29, 1.82) is 0 Å². The van der Waals surface area contributed by atoms with E-state index in [2.05, 4.69) is 21.3 Å². The molecule has 1 aromatic rings. The zero-order valence-corrected chi connectivity index (χ0v) is 30.0. The number of aliphatic carboxylic acids is 1. The number of nitrogens with zero attached hydrogens (tertiary/aromatic N) is 1. The van der Waals surface area contributed by atoms with Crippen LogP contribution in [0.4, 0.5) is 5.69 Å². The highest BCUT2D eigenvalue weighted by Gasteiger charge is 2.23. The quantitative estimate of drug-likeness (QED) is 0.0539. The number of carbonyl (C=O) groups is 7. The van der Waals surface area contributed by atoms with Gasteiger partial charge >= 0.3 is 5.97 Å². The number of anilines is 1. The molecule has 0 aliphatic carbocycles. The molecule has 0 bridgehead atoms. The highest BCUT2D eigenvalue weighted by atomic mass is 16.5. The summed E-state index contributed by atoms with van der Waals surface area (Å²) >= 11 is 0. The maximum Gasteiger partial charge on any atom is 0.306 e. The molecule has 17 nitrogen and oxygen atoms in total. The Balaban J connectivity index is 1.46. The number of ether oxygens (including phenoxy) is 3. The Kier molecular flexibility index (Phi) is 19.8. The van der Waals surface area contributed by atoms with Gasteiger partial charge < -0.3 is 46.3 Å². The molecule has 0 aromatic heterocycles. The van der Waals surface area contributed by atoms with E-state index in [1.54, 1.807) is 31.2 Å². The van der Waals surface area contributed by atoms with Gasteiger partial charge in [0.25, 0.3) is 11.8 Å². The van der Waals surface area contributed by atoms with Gasteiger partial charge in [-0.25, -0.2) is 0 Å². The first kappa shape index (κ1) is 43.5. The molecule has 4 unspecified atom stereocenters. The van der Waals surface area contributed by atoms with Gasteiger partial charge in [0.2, 0.25) is 23.6 Å². The third kappa shape index (κ3) is 17.5. The number of nitrogens with one attached hydrogen (secondary N) is 4. The van der Waals surface area contributed by atoms with Crippen LogP contribution in [0.1, 0.15) is 52.0 Å². The molecule has 2 rings (SSSR count). The van der Waals surface area contributed by atoms with E-state index in [1.165, 1.54) is 26.0 Å². The molecular formula is C35H52N6O11. The fourth-order valence-electron chi connectivity index (χ4n) is 4.81. The molecule has 0 fully saturated rings. The van der Waals surface area contributed by atoms with Gasteiger partial charge in [-0.1, -0.05) is 19.1 Å². The highest BCUT2D eigenvalue weighted by Crippen LogP contribution is 2.14. The molecule has 0 radical (unpaired) electrons. The van der Waals surface area contributed by atoms with Crippen molar-refractivity contribution in [2.45, 2.75) is 71.0 Å². The summed E-state index contributed by atoms with van der Waals surface area (Å²) in [5, 5.41) is 19.6. The van der Waals surface area contributed by atoms with Crippen LogP contribution in [0, 0.1) is 5.92 Å². The first-order chi connectivity index (χ1) is 24.8. The Bertz CT molecular complexity index is 1370. The molecule has 1 aromatic carbocycles. The van der Waals surface area contributed by atoms with Crippen LogP contribution in [0.2, 0.25) is 0 Å². The third-order valence-electron chi connectivity index (χ3n) is 7.79. The van der Waals surface area contributed by atoms with Crippen LogP contribution < -0.4 is 27.0 Å². The lowest BCUT2D eigenvalue weighted by Gasteiger charge is -2.18. The van der Waals surface area contributed by atoms with Gasteiger partial charge in [0, 0.05) is 49.8 Å². The maximum atomic E-state index is 12.6. The molecule has 1 aliphatic heterocycles. The number of rotatable bonds is 26. The molecule has 0 saturated carbocycles. The second-order valence-electron chi connectivity index (χ2n) is 12.3. The normalized spacial score (nSPS) is 14.7. The number of nitrogens with two attached hydrogens (primary N) is 1. The van der Waals surface area contributed by atoms with E-state index < -0.39 is 41.7 Å². The van der Waals surface area contributed by atoms with Crippen molar-refractivity contribution < 1.29 is 52.9 Å². The van der Waals surface area contributed by atoms with Crippen LogP contribution in [-0.2, 0) is 54.2 Å². The largest absolute Gasteiger partial charge is 0.481 e. The van der Waals surface area contributed by atoms with Gasteiger partial charge in [-0.2, -0.15) is 0 Å². The van der Waals surface area contributed by atoms with Gasteiger partial charge in [-0.3, -0.25) is 38.5 Å². The predicted molar refractivity (Wildman–Crippen MR) is 189 cm³/mol. The van der Waals surface area contributed by atoms with Crippen molar-refractivity contribution in [3.05, 3.63) is 42.0 Å². The molecule has 0 saturated heterocycles. The Morgan fingerprint density at radius 1 is 0.769 bits per heavy atom. The Labute approximate surface area is 303 Å². The summed E-state index contributed by atoms with van der Waals surface area (Å²) < 4.78 is 16.2. The second kappa shape index (κ2) is 23.7. The molecule has 1 aliphatic rings. The van der Waals surface area contributed by atoms with E-state index in [1.807, 2.05) is 0 Å². The third-order valence-corrected chi connectivity index (χ3v) is 7.79. The number of carboxylic acid groups (broad SMARTS) is 1. The number of imide groups is 1. The lowest BCUT2D eigenvalue weighted by atomic mass is 9.97. The number of amides is 6. The SMILES string of the molecule is CC(CC(N)Cc1ccc(NC(=O)C(C)NC(=O)C(C)NC(=O)CCOCCOCCOCCNC(=O)CCCN2C(=O)C=CC2=O)cc1)C(=O)O. The maximum absolute atomic E-state index is 12.6. The molecular weight excluding hydrogens is 680 g/mol. The van der Waals surface area contributed by atoms with Crippen LogP contribution in [0.3, 0.4) is 0 Å². The average Bonchev–Trinajstić information content (AvgIpc) is 3.41. The molecule has 17 heteroatoms. The average molecular weight is 733 g/mol. The van der Waals surface area contributed by atoms with E-state index >= 15 is 0 Å². The van der Waals surface area contributed by atoms with Crippen molar-refractivity contribution in [3.8, 4) is 0 Å². The topological polar surface area (TPSA) is 245 Å². The summed E-state index contributed by atoms with van der Waals surface area (Å²) in [5.41, 5.74) is 7.48. The monoisotopic (exact) mass is 732 g/mol. The number of hydrogen-bond donors (Lipinski definition) is 6. The lowest BCUT2D eigenvalue weighted by Crippen LogP contribution is -2.50.